The van der Waals surface area contributed by atoms with Crippen molar-refractivity contribution in [2.45, 2.75) is 0 Å². The third-order valence-electron chi connectivity index (χ3n) is 11.1. The number of hydrogen-bond acceptors (Lipinski definition) is 5. The molecule has 0 radical (unpaired) electrons. The van der Waals surface area contributed by atoms with E-state index in [-0.39, 0.29) is 0 Å². The molecule has 0 fully saturated rings. The summed E-state index contributed by atoms with van der Waals surface area (Å²) in [7, 11) is 0. The average Bonchev–Trinajstić information content (AvgIpc) is 3.96. The molecule has 0 atom stereocenters. The maximum Gasteiger partial charge on any atom is 0.165 e. The van der Waals surface area contributed by atoms with Crippen LogP contribution in [0.1, 0.15) is 0 Å². The maximum atomic E-state index is 5.20. The molecule has 0 spiro atoms. The number of nitrogens with zero attached hydrogens (tertiary/aromatic N) is 4. The fraction of sp³-hybridized carbons (Fsp3) is 0. The van der Waals surface area contributed by atoms with Crippen molar-refractivity contribution < 1.29 is 0 Å². The number of hydrogen-bond donors (Lipinski definition) is 0. The lowest BCUT2D eigenvalue weighted by Gasteiger charge is -2.12. The van der Waals surface area contributed by atoms with Gasteiger partial charge in [0.05, 0.1) is 11.0 Å². The van der Waals surface area contributed by atoms with Crippen LogP contribution in [0.3, 0.4) is 0 Å². The summed E-state index contributed by atoms with van der Waals surface area (Å²) < 4.78 is 7.50. The van der Waals surface area contributed by atoms with Gasteiger partial charge in [-0.15, -0.1) is 22.7 Å². The summed E-state index contributed by atoms with van der Waals surface area (Å²) in [5, 5.41) is 7.67. The minimum Gasteiger partial charge on any atom is -0.309 e. The third kappa shape index (κ3) is 5.15. The van der Waals surface area contributed by atoms with Crippen molar-refractivity contribution in [3.8, 4) is 51.0 Å². The molecule has 4 nitrogen and oxygen atoms in total. The lowest BCUT2D eigenvalue weighted by molar-refractivity contribution is 1.08. The molecule has 0 saturated heterocycles. The summed E-state index contributed by atoms with van der Waals surface area (Å²) in [6.45, 7) is 0. The van der Waals surface area contributed by atoms with Gasteiger partial charge in [0, 0.05) is 73.5 Å². The van der Waals surface area contributed by atoms with Crippen molar-refractivity contribution in [2.75, 3.05) is 0 Å². The Morgan fingerprint density at radius 3 is 1.72 bits per heavy atom. The van der Waals surface area contributed by atoms with Crippen LogP contribution in [0.25, 0.3) is 113 Å². The molecule has 8 aromatic carbocycles. The topological polar surface area (TPSA) is 43.6 Å². The first kappa shape index (κ1) is 32.3. The van der Waals surface area contributed by atoms with E-state index in [1.54, 1.807) is 11.3 Å². The number of fused-ring (bicyclic) bond motifs is 10. The van der Waals surface area contributed by atoms with Gasteiger partial charge in [0.2, 0.25) is 0 Å². The second-order valence-electron chi connectivity index (χ2n) is 14.4. The minimum absolute atomic E-state index is 0.643. The average molecular weight is 763 g/mol. The fourth-order valence-electron chi connectivity index (χ4n) is 8.44. The predicted octanol–water partition coefficient (Wildman–Crippen LogP) is 14.4. The van der Waals surface area contributed by atoms with E-state index in [1.165, 1.54) is 62.2 Å². The van der Waals surface area contributed by atoms with Gasteiger partial charge in [-0.05, 0) is 59.7 Å². The summed E-state index contributed by atoms with van der Waals surface area (Å²) >= 11 is 3.67. The van der Waals surface area contributed by atoms with Crippen molar-refractivity contribution in [2.24, 2.45) is 0 Å². The zero-order chi connectivity index (χ0) is 37.5. The summed E-state index contributed by atoms with van der Waals surface area (Å²) in [6, 6.07) is 64.8. The van der Waals surface area contributed by atoms with E-state index in [4.69, 9.17) is 15.0 Å². The van der Waals surface area contributed by atoms with Crippen LogP contribution in [-0.4, -0.2) is 19.5 Å². The van der Waals surface area contributed by atoms with Gasteiger partial charge in [-0.3, -0.25) is 0 Å². The molecule has 0 bridgehead atoms. The molecule has 0 aliphatic rings. The van der Waals surface area contributed by atoms with Crippen LogP contribution in [0.2, 0.25) is 0 Å². The van der Waals surface area contributed by atoms with Crippen LogP contribution in [0.5, 0.6) is 0 Å². The van der Waals surface area contributed by atoms with E-state index < -0.39 is 0 Å². The minimum atomic E-state index is 0.643. The van der Waals surface area contributed by atoms with Crippen LogP contribution in [0, 0.1) is 0 Å². The van der Waals surface area contributed by atoms with Gasteiger partial charge in [0.1, 0.15) is 0 Å². The van der Waals surface area contributed by atoms with Gasteiger partial charge in [-0.1, -0.05) is 133 Å². The molecule has 0 N–H and O–H groups in total. The Labute approximate surface area is 335 Å². The van der Waals surface area contributed by atoms with E-state index in [1.807, 2.05) is 29.5 Å². The van der Waals surface area contributed by atoms with E-state index in [9.17, 15) is 0 Å². The monoisotopic (exact) mass is 762 g/mol. The molecule has 266 valence electrons. The Bertz CT molecular complexity index is 3540. The van der Waals surface area contributed by atoms with Gasteiger partial charge in [-0.2, -0.15) is 0 Å². The van der Waals surface area contributed by atoms with Crippen LogP contribution in [0.15, 0.2) is 182 Å². The molecular weight excluding hydrogens is 733 g/mol. The summed E-state index contributed by atoms with van der Waals surface area (Å²) in [5.41, 5.74) is 8.64. The zero-order valence-corrected chi connectivity index (χ0v) is 32.1. The highest BCUT2D eigenvalue weighted by atomic mass is 32.1. The lowest BCUT2D eigenvalue weighted by atomic mass is 10.0. The van der Waals surface area contributed by atoms with Crippen molar-refractivity contribution in [1.82, 2.24) is 19.5 Å². The zero-order valence-electron chi connectivity index (χ0n) is 30.4. The number of benzene rings is 8. The second-order valence-corrected chi connectivity index (χ2v) is 16.5. The van der Waals surface area contributed by atoms with E-state index in [2.05, 4.69) is 168 Å². The SMILES string of the molecule is c1ccc(-c2nc(-c3cccc(-c4cccc(-n5c6ccccc6c6c7sc8ccccc8c7ccc65)c4)c3)nc(-c3cccc4c3sc3ccccc34)n2)cc1. The van der Waals surface area contributed by atoms with Gasteiger partial charge in [-0.25, -0.2) is 15.0 Å². The number of rotatable bonds is 5. The molecule has 0 unspecified atom stereocenters. The van der Waals surface area contributed by atoms with E-state index in [0.717, 1.165) is 33.5 Å². The smallest absolute Gasteiger partial charge is 0.165 e. The van der Waals surface area contributed by atoms with E-state index in [0.29, 0.717) is 17.5 Å². The Morgan fingerprint density at radius 2 is 0.912 bits per heavy atom. The summed E-state index contributed by atoms with van der Waals surface area (Å²) in [6.07, 6.45) is 0. The van der Waals surface area contributed by atoms with Gasteiger partial charge >= 0.3 is 0 Å². The molecule has 0 saturated carbocycles. The van der Waals surface area contributed by atoms with Crippen molar-refractivity contribution in [3.63, 3.8) is 0 Å². The van der Waals surface area contributed by atoms with Crippen molar-refractivity contribution in [3.05, 3.63) is 182 Å². The Kier molecular flexibility index (Phi) is 7.24. The Balaban J connectivity index is 1.01. The largest absolute Gasteiger partial charge is 0.309 e. The van der Waals surface area contributed by atoms with Crippen LogP contribution < -0.4 is 0 Å². The normalized spacial score (nSPS) is 11.9. The van der Waals surface area contributed by atoms with Gasteiger partial charge < -0.3 is 4.57 Å². The van der Waals surface area contributed by atoms with Crippen LogP contribution in [0.4, 0.5) is 0 Å². The molecule has 0 amide bonds. The molecule has 0 aliphatic carbocycles. The fourth-order valence-corrected chi connectivity index (χ4v) is 10.9. The molecule has 0 aliphatic heterocycles. The Hall–Kier alpha value is -6.99. The first-order valence-corrected chi connectivity index (χ1v) is 20.7. The molecule has 4 aromatic heterocycles. The standard InChI is InChI=1S/C51H30N4S2/c1-2-13-31(14-3-1)49-52-50(54-51(53-49)41-23-12-22-38-36-19-5-8-25-44(36)56-47(38)41)34-17-10-15-32(29-34)33-16-11-18-35(30-33)55-42-24-7-4-21-40(42)46-43(55)28-27-39-37-20-6-9-26-45(37)57-48(39)46/h1-30H. The molecule has 6 heteroatoms. The number of aromatic nitrogens is 4. The quantitative estimate of drug-likeness (QED) is 0.175. The summed E-state index contributed by atoms with van der Waals surface area (Å²) in [5.74, 6) is 1.97. The van der Waals surface area contributed by atoms with Crippen molar-refractivity contribution >= 4 is 84.8 Å². The Morgan fingerprint density at radius 1 is 0.351 bits per heavy atom. The number of thiophene rings is 2. The molecular formula is C51H30N4S2. The van der Waals surface area contributed by atoms with Gasteiger partial charge in [0.15, 0.2) is 17.5 Å². The van der Waals surface area contributed by atoms with E-state index >= 15 is 0 Å². The second kappa shape index (κ2) is 12.8. The molecule has 12 aromatic rings. The van der Waals surface area contributed by atoms with Crippen LogP contribution >= 0.6 is 22.7 Å². The highest BCUT2D eigenvalue weighted by molar-refractivity contribution is 7.27. The molecule has 4 heterocycles. The molecule has 12 rings (SSSR count). The number of para-hydroxylation sites is 1. The first-order valence-electron chi connectivity index (χ1n) is 19.0. The maximum absolute atomic E-state index is 5.20. The highest BCUT2D eigenvalue weighted by Crippen LogP contribution is 2.44. The molecule has 57 heavy (non-hydrogen) atoms. The lowest BCUT2D eigenvalue weighted by Crippen LogP contribution is -2.00. The van der Waals surface area contributed by atoms with Crippen molar-refractivity contribution in [1.29, 1.82) is 0 Å². The van der Waals surface area contributed by atoms with Crippen LogP contribution in [-0.2, 0) is 0 Å². The first-order chi connectivity index (χ1) is 28.2. The predicted molar refractivity (Wildman–Crippen MR) is 242 cm³/mol. The third-order valence-corrected chi connectivity index (χ3v) is 13.5. The highest BCUT2D eigenvalue weighted by Gasteiger charge is 2.19. The summed E-state index contributed by atoms with van der Waals surface area (Å²) in [4.78, 5) is 15.4. The van der Waals surface area contributed by atoms with Gasteiger partial charge in [0.25, 0.3) is 0 Å².